The molecule has 18 heavy (non-hydrogen) atoms. The average molecular weight is 253 g/mol. The highest BCUT2D eigenvalue weighted by Crippen LogP contribution is 2.33. The van der Waals surface area contributed by atoms with Crippen molar-refractivity contribution >= 4 is 11.8 Å². The predicted octanol–water partition coefficient (Wildman–Crippen LogP) is 0.1000. The maximum atomic E-state index is 12.0. The van der Waals surface area contributed by atoms with Crippen LogP contribution in [0, 0.1) is 11.8 Å². The fourth-order valence-corrected chi connectivity index (χ4v) is 2.46. The van der Waals surface area contributed by atoms with E-state index in [1.54, 1.807) is 0 Å². The van der Waals surface area contributed by atoms with Gasteiger partial charge in [0.1, 0.15) is 0 Å². The number of carbonyl (C=O) groups excluding carboxylic acids is 2. The highest BCUT2D eigenvalue weighted by Gasteiger charge is 2.31. The first-order chi connectivity index (χ1) is 8.70. The Morgan fingerprint density at radius 2 is 2.06 bits per heavy atom. The first-order valence-corrected chi connectivity index (χ1v) is 6.96. The second-order valence-electron chi connectivity index (χ2n) is 5.41. The molecule has 102 valence electrons. The third-order valence-corrected chi connectivity index (χ3v) is 3.75. The van der Waals surface area contributed by atoms with Gasteiger partial charge in [-0.2, -0.15) is 0 Å². The van der Waals surface area contributed by atoms with Crippen LogP contribution in [0.5, 0.6) is 0 Å². The van der Waals surface area contributed by atoms with Crippen LogP contribution in [0.15, 0.2) is 0 Å². The number of amides is 2. The molecule has 1 atom stereocenters. The van der Waals surface area contributed by atoms with Crippen molar-refractivity contribution < 1.29 is 9.59 Å². The van der Waals surface area contributed by atoms with Gasteiger partial charge in [-0.05, 0) is 31.6 Å². The lowest BCUT2D eigenvalue weighted by Crippen LogP contribution is -2.46. The molecule has 0 aromatic heterocycles. The Bertz CT molecular complexity index is 315. The number of carbonyl (C=O) groups is 2. The Hall–Kier alpha value is -1.10. The minimum absolute atomic E-state index is 0.0457. The summed E-state index contributed by atoms with van der Waals surface area (Å²) in [7, 11) is 0. The minimum atomic E-state index is -0.0477. The number of hydrogen-bond acceptors (Lipinski definition) is 3. The molecule has 0 bridgehead atoms. The highest BCUT2D eigenvalue weighted by molar-refractivity contribution is 5.81. The van der Waals surface area contributed by atoms with E-state index >= 15 is 0 Å². The van der Waals surface area contributed by atoms with Crippen LogP contribution in [-0.4, -0.2) is 42.9 Å². The van der Waals surface area contributed by atoms with Crippen molar-refractivity contribution in [3.8, 4) is 0 Å². The normalized spacial score (nSPS) is 23.8. The van der Waals surface area contributed by atoms with Crippen LogP contribution in [0.1, 0.15) is 32.1 Å². The SMILES string of the molecule is NCCNC(=O)C1CCCN(C(=O)CC2CC2)C1. The number of rotatable bonds is 5. The summed E-state index contributed by atoms with van der Waals surface area (Å²) in [6.07, 6.45) is 4.87. The summed E-state index contributed by atoms with van der Waals surface area (Å²) in [6, 6.07) is 0. The molecule has 1 saturated heterocycles. The van der Waals surface area contributed by atoms with Gasteiger partial charge in [0.05, 0.1) is 5.92 Å². The average Bonchev–Trinajstić information content (AvgIpc) is 3.20. The van der Waals surface area contributed by atoms with Gasteiger partial charge in [-0.1, -0.05) is 0 Å². The van der Waals surface area contributed by atoms with Crippen LogP contribution in [0.25, 0.3) is 0 Å². The summed E-state index contributed by atoms with van der Waals surface area (Å²) in [5.74, 6) is 0.843. The molecular weight excluding hydrogens is 230 g/mol. The number of piperidine rings is 1. The van der Waals surface area contributed by atoms with Crippen LogP contribution in [0.4, 0.5) is 0 Å². The van der Waals surface area contributed by atoms with Gasteiger partial charge in [-0.15, -0.1) is 0 Å². The first kappa shape index (κ1) is 13.3. The van der Waals surface area contributed by atoms with E-state index in [1.165, 1.54) is 12.8 Å². The van der Waals surface area contributed by atoms with Crippen molar-refractivity contribution in [2.75, 3.05) is 26.2 Å². The summed E-state index contributed by atoms with van der Waals surface area (Å²) in [4.78, 5) is 25.7. The Kier molecular flexibility index (Phi) is 4.58. The van der Waals surface area contributed by atoms with E-state index in [-0.39, 0.29) is 17.7 Å². The van der Waals surface area contributed by atoms with Gasteiger partial charge in [0, 0.05) is 32.6 Å². The first-order valence-electron chi connectivity index (χ1n) is 6.96. The molecule has 1 heterocycles. The molecule has 5 nitrogen and oxygen atoms in total. The number of hydrogen-bond donors (Lipinski definition) is 2. The smallest absolute Gasteiger partial charge is 0.224 e. The molecule has 2 rings (SSSR count). The van der Waals surface area contributed by atoms with Gasteiger partial charge in [0.2, 0.25) is 11.8 Å². The van der Waals surface area contributed by atoms with E-state index in [0.717, 1.165) is 19.4 Å². The van der Waals surface area contributed by atoms with E-state index < -0.39 is 0 Å². The zero-order chi connectivity index (χ0) is 13.0. The van der Waals surface area contributed by atoms with Gasteiger partial charge in [0.15, 0.2) is 0 Å². The fourth-order valence-electron chi connectivity index (χ4n) is 2.46. The molecule has 2 aliphatic rings. The van der Waals surface area contributed by atoms with Crippen LogP contribution < -0.4 is 11.1 Å². The van der Waals surface area contributed by atoms with E-state index in [9.17, 15) is 9.59 Å². The summed E-state index contributed by atoms with van der Waals surface area (Å²) in [6.45, 7) is 2.38. The molecule has 0 radical (unpaired) electrons. The molecule has 1 aliphatic heterocycles. The zero-order valence-electron chi connectivity index (χ0n) is 10.9. The van der Waals surface area contributed by atoms with E-state index in [1.807, 2.05) is 4.90 Å². The summed E-state index contributed by atoms with van der Waals surface area (Å²) in [5.41, 5.74) is 5.36. The Morgan fingerprint density at radius 1 is 1.28 bits per heavy atom. The van der Waals surface area contributed by atoms with Gasteiger partial charge in [-0.3, -0.25) is 9.59 Å². The second-order valence-corrected chi connectivity index (χ2v) is 5.41. The molecule has 5 heteroatoms. The zero-order valence-corrected chi connectivity index (χ0v) is 10.9. The van der Waals surface area contributed by atoms with Crippen molar-refractivity contribution in [2.24, 2.45) is 17.6 Å². The van der Waals surface area contributed by atoms with Crippen LogP contribution >= 0.6 is 0 Å². The molecule has 0 aromatic rings. The lowest BCUT2D eigenvalue weighted by Gasteiger charge is -2.32. The minimum Gasteiger partial charge on any atom is -0.355 e. The van der Waals surface area contributed by atoms with Gasteiger partial charge in [0.25, 0.3) is 0 Å². The Balaban J connectivity index is 1.79. The molecule has 2 fully saturated rings. The lowest BCUT2D eigenvalue weighted by atomic mass is 9.96. The molecule has 1 unspecified atom stereocenters. The quantitative estimate of drug-likeness (QED) is 0.729. The third-order valence-electron chi connectivity index (χ3n) is 3.75. The Labute approximate surface area is 108 Å². The largest absolute Gasteiger partial charge is 0.355 e. The summed E-state index contributed by atoms with van der Waals surface area (Å²) >= 11 is 0. The molecule has 1 saturated carbocycles. The molecule has 0 aromatic carbocycles. The van der Waals surface area contributed by atoms with Gasteiger partial charge in [-0.25, -0.2) is 0 Å². The predicted molar refractivity (Wildman–Crippen MR) is 68.7 cm³/mol. The summed E-state index contributed by atoms with van der Waals surface area (Å²) in [5, 5.41) is 2.81. The van der Waals surface area contributed by atoms with Crippen molar-refractivity contribution in [1.82, 2.24) is 10.2 Å². The van der Waals surface area contributed by atoms with E-state index in [4.69, 9.17) is 5.73 Å². The topological polar surface area (TPSA) is 75.4 Å². The van der Waals surface area contributed by atoms with Crippen LogP contribution in [-0.2, 0) is 9.59 Å². The van der Waals surface area contributed by atoms with Crippen LogP contribution in [0.3, 0.4) is 0 Å². The lowest BCUT2D eigenvalue weighted by molar-refractivity contribution is -0.136. The highest BCUT2D eigenvalue weighted by atomic mass is 16.2. The molecular formula is C13H23N3O2. The fraction of sp³-hybridized carbons (Fsp3) is 0.846. The van der Waals surface area contributed by atoms with Gasteiger partial charge < -0.3 is 16.0 Å². The molecule has 2 amide bonds. The number of nitrogens with one attached hydrogen (secondary N) is 1. The molecule has 1 aliphatic carbocycles. The van der Waals surface area contributed by atoms with Crippen molar-refractivity contribution in [3.63, 3.8) is 0 Å². The third kappa shape index (κ3) is 3.70. The second kappa shape index (κ2) is 6.18. The molecule has 0 spiro atoms. The van der Waals surface area contributed by atoms with Crippen molar-refractivity contribution in [2.45, 2.75) is 32.1 Å². The summed E-state index contributed by atoms with van der Waals surface area (Å²) < 4.78 is 0. The number of nitrogens with zero attached hydrogens (tertiary/aromatic N) is 1. The van der Waals surface area contributed by atoms with Crippen molar-refractivity contribution in [3.05, 3.63) is 0 Å². The van der Waals surface area contributed by atoms with E-state index in [2.05, 4.69) is 5.32 Å². The molecule has 3 N–H and O–H groups in total. The monoisotopic (exact) mass is 253 g/mol. The van der Waals surface area contributed by atoms with Gasteiger partial charge >= 0.3 is 0 Å². The maximum absolute atomic E-state index is 12.0. The number of nitrogens with two attached hydrogens (primary N) is 1. The maximum Gasteiger partial charge on any atom is 0.224 e. The van der Waals surface area contributed by atoms with E-state index in [0.29, 0.717) is 32.0 Å². The Morgan fingerprint density at radius 3 is 2.72 bits per heavy atom. The number of likely N-dealkylation sites (tertiary alicyclic amines) is 1. The van der Waals surface area contributed by atoms with Crippen LogP contribution in [0.2, 0.25) is 0 Å². The standard InChI is InChI=1S/C13H23N3O2/c14-5-6-15-13(18)11-2-1-7-16(9-11)12(17)8-10-3-4-10/h10-11H,1-9,14H2,(H,15,18). The van der Waals surface area contributed by atoms with Crippen molar-refractivity contribution in [1.29, 1.82) is 0 Å².